The lowest BCUT2D eigenvalue weighted by Crippen LogP contribution is -2.76. The fraction of sp³-hybridized carbons (Fsp3) is 0.533. The standard InChI is InChI=1S/C30H40N8O10S2/c1-28(2,32)11-10-17-13-33-23(34-17)16-6-8-19-15(12-16)7-9-20(46-19)30(5,26(41)42)47-37-21(18-14-49-27(31)35-18)24(39)36-22-25(40)38(29(22,3)4)48-50(43,44)45/h6,8,12,14,17,20,22H,7,9-11,13,32H2,1-5H3,(H2,31,35)(H,33,34)(H,36,39)(H,41,42)(H,43,44,45)/b37-21-/t17-,20+,22+,30-/m0/s1. The van der Waals surface area contributed by atoms with Crippen LogP contribution in [0.4, 0.5) is 5.13 Å². The zero-order valence-electron chi connectivity index (χ0n) is 28.0. The number of oxime groups is 1. The van der Waals surface area contributed by atoms with E-state index >= 15 is 0 Å². The Morgan fingerprint density at radius 1 is 1.30 bits per heavy atom. The fourth-order valence-corrected chi connectivity index (χ4v) is 6.69. The molecule has 0 spiro atoms. The van der Waals surface area contributed by atoms with Gasteiger partial charge in [0.15, 0.2) is 16.9 Å². The summed E-state index contributed by atoms with van der Waals surface area (Å²) in [4.78, 5) is 53.3. The van der Waals surface area contributed by atoms with E-state index in [0.29, 0.717) is 23.8 Å². The minimum atomic E-state index is -5.03. The molecular formula is C30H40N8O10S2. The maximum absolute atomic E-state index is 13.5. The van der Waals surface area contributed by atoms with E-state index in [9.17, 15) is 27.9 Å². The second kappa shape index (κ2) is 13.4. The summed E-state index contributed by atoms with van der Waals surface area (Å²) in [5, 5.41) is 21.8. The van der Waals surface area contributed by atoms with E-state index in [1.54, 1.807) is 6.07 Å². The Morgan fingerprint density at radius 3 is 2.62 bits per heavy atom. The molecule has 0 radical (unpaired) electrons. The number of carbonyl (C=O) groups is 3. The first-order valence-corrected chi connectivity index (χ1v) is 17.9. The molecule has 5 rings (SSSR count). The number of carboxylic acid groups (broad SMARTS) is 1. The number of fused-ring (bicyclic) bond motifs is 1. The number of aliphatic carboxylic acids is 1. The number of aromatic nitrogens is 1. The molecule has 50 heavy (non-hydrogen) atoms. The number of amides is 2. The third kappa shape index (κ3) is 7.83. The van der Waals surface area contributed by atoms with Crippen molar-refractivity contribution < 1.29 is 46.3 Å². The van der Waals surface area contributed by atoms with E-state index in [1.165, 1.54) is 26.2 Å². The second-order valence-electron chi connectivity index (χ2n) is 13.7. The molecule has 0 saturated carbocycles. The lowest BCUT2D eigenvalue weighted by Gasteiger charge is -2.50. The molecule has 1 aromatic heterocycles. The average molecular weight is 737 g/mol. The highest BCUT2D eigenvalue weighted by Crippen LogP contribution is 2.36. The number of ether oxygens (including phenoxy) is 1. The quantitative estimate of drug-likeness (QED) is 0.0718. The molecule has 2 amide bonds. The van der Waals surface area contributed by atoms with Crippen LogP contribution in [0.2, 0.25) is 0 Å². The van der Waals surface area contributed by atoms with Crippen LogP contribution in [0.1, 0.15) is 70.7 Å². The SMILES string of the molecule is CC(C)(N)CC[C@H]1CNC(c2ccc3c(c2)CC[C@H]([C@](C)(O/N=C(\C(=O)N[C@@H]2C(=O)N(OS(=O)(=O)O)C2(C)C)c2csc(N)n2)C(=O)O)O3)=N1. The smallest absolute Gasteiger partial charge is 0.418 e. The van der Waals surface area contributed by atoms with Crippen molar-refractivity contribution in [3.05, 3.63) is 40.4 Å². The number of nitrogens with one attached hydrogen (secondary N) is 2. The summed E-state index contributed by atoms with van der Waals surface area (Å²) in [5.74, 6) is -2.20. The predicted molar refractivity (Wildman–Crippen MR) is 181 cm³/mol. The first-order valence-electron chi connectivity index (χ1n) is 15.6. The van der Waals surface area contributed by atoms with Crippen LogP contribution in [-0.2, 0) is 40.3 Å². The molecule has 3 aliphatic heterocycles. The summed E-state index contributed by atoms with van der Waals surface area (Å²) < 4.78 is 41.8. The molecule has 3 aliphatic rings. The lowest BCUT2D eigenvalue weighted by molar-refractivity contribution is -0.218. The number of nitrogens with two attached hydrogens (primary N) is 2. The van der Waals surface area contributed by atoms with E-state index in [4.69, 9.17) is 30.6 Å². The van der Waals surface area contributed by atoms with Crippen LogP contribution in [0.25, 0.3) is 0 Å². The highest BCUT2D eigenvalue weighted by Gasteiger charge is 2.58. The van der Waals surface area contributed by atoms with Gasteiger partial charge in [0.05, 0.1) is 11.6 Å². The topological polar surface area (TPSA) is 270 Å². The van der Waals surface area contributed by atoms with Gasteiger partial charge in [0, 0.05) is 23.0 Å². The number of benzene rings is 1. The van der Waals surface area contributed by atoms with Crippen LogP contribution in [0.3, 0.4) is 0 Å². The Kier molecular flexibility index (Phi) is 9.89. The van der Waals surface area contributed by atoms with Gasteiger partial charge in [-0.3, -0.25) is 19.1 Å². The number of nitrogen functional groups attached to an aromatic ring is 1. The van der Waals surface area contributed by atoms with Crippen molar-refractivity contribution >= 4 is 56.2 Å². The summed E-state index contributed by atoms with van der Waals surface area (Å²) in [6.45, 7) is 8.69. The van der Waals surface area contributed by atoms with Gasteiger partial charge in [-0.15, -0.1) is 15.6 Å². The summed E-state index contributed by atoms with van der Waals surface area (Å²) in [7, 11) is -5.03. The molecule has 8 N–H and O–H groups in total. The minimum absolute atomic E-state index is 0.0645. The Hall–Kier alpha value is -4.37. The van der Waals surface area contributed by atoms with Crippen molar-refractivity contribution in [3.63, 3.8) is 0 Å². The van der Waals surface area contributed by atoms with E-state index in [0.717, 1.165) is 41.1 Å². The lowest BCUT2D eigenvalue weighted by atomic mass is 9.84. The van der Waals surface area contributed by atoms with Crippen molar-refractivity contribution in [2.24, 2.45) is 15.9 Å². The van der Waals surface area contributed by atoms with Crippen molar-refractivity contribution in [3.8, 4) is 5.75 Å². The van der Waals surface area contributed by atoms with E-state index in [1.807, 2.05) is 26.0 Å². The van der Waals surface area contributed by atoms with Crippen molar-refractivity contribution in [2.45, 2.75) is 95.2 Å². The number of thiazole rings is 1. The Balaban J connectivity index is 1.33. The maximum atomic E-state index is 13.5. The summed E-state index contributed by atoms with van der Waals surface area (Å²) >= 11 is 0.971. The zero-order chi connectivity index (χ0) is 36.8. The number of β-lactam (4-membered cyclic amide) rings is 1. The van der Waals surface area contributed by atoms with Crippen LogP contribution in [0, 0.1) is 0 Å². The second-order valence-corrected chi connectivity index (χ2v) is 15.6. The molecule has 18 nitrogen and oxygen atoms in total. The van der Waals surface area contributed by atoms with Crippen molar-refractivity contribution in [1.29, 1.82) is 0 Å². The Labute approximate surface area is 292 Å². The number of aliphatic imine (C=N–C) groups is 1. The molecule has 1 saturated heterocycles. The molecular weight excluding hydrogens is 697 g/mol. The van der Waals surface area contributed by atoms with Gasteiger partial charge in [-0.1, -0.05) is 5.16 Å². The number of nitrogens with zero attached hydrogens (tertiary/aromatic N) is 4. The van der Waals surface area contributed by atoms with Gasteiger partial charge in [-0.25, -0.2) is 9.78 Å². The van der Waals surface area contributed by atoms with E-state index in [-0.39, 0.29) is 28.8 Å². The summed E-state index contributed by atoms with van der Waals surface area (Å²) in [6, 6.07) is 4.30. The molecule has 4 atom stereocenters. The average Bonchev–Trinajstić information content (AvgIpc) is 3.69. The number of hydroxylamine groups is 2. The van der Waals surface area contributed by atoms with Crippen LogP contribution >= 0.6 is 11.3 Å². The van der Waals surface area contributed by atoms with Gasteiger partial charge in [0.1, 0.15) is 23.3 Å². The predicted octanol–water partition coefficient (Wildman–Crippen LogP) is 0.759. The zero-order valence-corrected chi connectivity index (χ0v) is 29.6. The van der Waals surface area contributed by atoms with Crippen molar-refractivity contribution in [1.82, 2.24) is 20.7 Å². The summed E-state index contributed by atoms with van der Waals surface area (Å²) in [5.41, 5.74) is 9.23. The Morgan fingerprint density at radius 2 is 2.02 bits per heavy atom. The van der Waals surface area contributed by atoms with Gasteiger partial charge < -0.3 is 36.8 Å². The van der Waals surface area contributed by atoms with Crippen LogP contribution in [0.15, 0.2) is 33.7 Å². The number of carbonyl (C=O) groups excluding carboxylic acids is 2. The third-order valence-electron chi connectivity index (χ3n) is 8.68. The molecule has 0 unspecified atom stereocenters. The van der Waals surface area contributed by atoms with Gasteiger partial charge in [-0.2, -0.15) is 13.5 Å². The molecule has 20 heteroatoms. The number of amidine groups is 1. The number of carboxylic acids is 1. The molecule has 1 fully saturated rings. The molecule has 4 heterocycles. The van der Waals surface area contributed by atoms with Crippen LogP contribution < -0.4 is 26.8 Å². The number of hydrogen-bond acceptors (Lipinski definition) is 15. The molecule has 0 bridgehead atoms. The largest absolute Gasteiger partial charge is 0.485 e. The normalized spacial score (nSPS) is 23.1. The summed E-state index contributed by atoms with van der Waals surface area (Å²) in [6.07, 6.45) is 1.31. The van der Waals surface area contributed by atoms with Gasteiger partial charge in [0.2, 0.25) is 0 Å². The minimum Gasteiger partial charge on any atom is -0.485 e. The van der Waals surface area contributed by atoms with Crippen LogP contribution in [0.5, 0.6) is 5.75 Å². The monoisotopic (exact) mass is 736 g/mol. The molecule has 2 aromatic rings. The third-order valence-corrected chi connectivity index (χ3v) is 9.70. The first-order chi connectivity index (χ1) is 23.2. The van der Waals surface area contributed by atoms with Gasteiger partial charge in [-0.05, 0) is 84.1 Å². The highest BCUT2D eigenvalue weighted by atomic mass is 32.3. The van der Waals surface area contributed by atoms with E-state index < -0.39 is 57.2 Å². The number of anilines is 1. The molecule has 0 aliphatic carbocycles. The number of hydrogen-bond donors (Lipinski definition) is 6. The van der Waals surface area contributed by atoms with Gasteiger partial charge >= 0.3 is 16.4 Å². The number of rotatable bonds is 13. The first kappa shape index (κ1) is 36.9. The van der Waals surface area contributed by atoms with Crippen LogP contribution in [-0.4, -0.2) is 98.9 Å². The van der Waals surface area contributed by atoms with Gasteiger partial charge in [0.25, 0.3) is 17.4 Å². The molecule has 1 aromatic carbocycles. The van der Waals surface area contributed by atoms with Crippen molar-refractivity contribution in [2.75, 3.05) is 12.3 Å². The molecule has 272 valence electrons. The fourth-order valence-electron chi connectivity index (χ4n) is 5.69. The van der Waals surface area contributed by atoms with E-state index in [2.05, 4.69) is 25.1 Å². The Bertz CT molecular complexity index is 1850. The number of aryl methyl sites for hydroxylation is 1. The highest BCUT2D eigenvalue weighted by molar-refractivity contribution is 7.80. The maximum Gasteiger partial charge on any atom is 0.418 e.